The van der Waals surface area contributed by atoms with Crippen LogP contribution in [-0.2, 0) is 26.2 Å². The summed E-state index contributed by atoms with van der Waals surface area (Å²) in [4.78, 5) is 49.2. The standard InChI is InChI=1S/C32H23BrN10O6.2ClH/c33-29-13-12-28-30-26(29)2-1-3-27(30)31(44)41(32(28)45)40(18-22-16-38(36-34-22)14-20-4-8-24(9-5-20)42(46)47)19-23-17-39(37-35-23)15-21-6-10-25(11-7-21)43(48)49;;/h1-13,16-17H,14-15,18-19H2;2*1H. The van der Waals surface area contributed by atoms with Gasteiger partial charge in [-0.25, -0.2) is 14.4 Å². The molecule has 0 aliphatic carbocycles. The maximum Gasteiger partial charge on any atom is 0.276 e. The quantitative estimate of drug-likeness (QED) is 0.0882. The lowest BCUT2D eigenvalue weighted by molar-refractivity contribution is -0.385. The van der Waals surface area contributed by atoms with E-state index in [9.17, 15) is 29.8 Å². The molecule has 16 nitrogen and oxygen atoms in total. The monoisotopic (exact) mass is 794 g/mol. The van der Waals surface area contributed by atoms with Gasteiger partial charge in [0.2, 0.25) is 0 Å². The lowest BCUT2D eigenvalue weighted by Crippen LogP contribution is -2.51. The Kier molecular flexibility index (Phi) is 10.8. The van der Waals surface area contributed by atoms with Crippen molar-refractivity contribution in [1.29, 1.82) is 0 Å². The minimum atomic E-state index is -0.516. The number of nitro benzene ring substituents is 2. The summed E-state index contributed by atoms with van der Waals surface area (Å²) in [7, 11) is 0. The molecule has 0 bridgehead atoms. The van der Waals surface area contributed by atoms with Crippen molar-refractivity contribution in [2.75, 3.05) is 0 Å². The molecule has 2 aromatic heterocycles. The summed E-state index contributed by atoms with van der Waals surface area (Å²) >= 11 is 3.52. The van der Waals surface area contributed by atoms with E-state index in [1.54, 1.807) is 70.3 Å². The van der Waals surface area contributed by atoms with Crippen molar-refractivity contribution >= 4 is 74.7 Å². The van der Waals surface area contributed by atoms with E-state index in [0.29, 0.717) is 27.9 Å². The fraction of sp³-hybridized carbons (Fsp3) is 0.125. The molecule has 1 aliphatic rings. The zero-order valence-electron chi connectivity index (χ0n) is 26.1. The molecule has 3 heterocycles. The molecular formula is C32H25BrCl2N10O6. The third kappa shape index (κ3) is 7.46. The second-order valence-electron chi connectivity index (χ2n) is 11.2. The third-order valence-electron chi connectivity index (χ3n) is 7.96. The number of amides is 2. The van der Waals surface area contributed by atoms with Gasteiger partial charge >= 0.3 is 0 Å². The largest absolute Gasteiger partial charge is 0.276 e. The van der Waals surface area contributed by atoms with Gasteiger partial charge in [-0.3, -0.25) is 29.8 Å². The zero-order chi connectivity index (χ0) is 34.2. The van der Waals surface area contributed by atoms with Crippen LogP contribution in [0, 0.1) is 20.2 Å². The van der Waals surface area contributed by atoms with Crippen molar-refractivity contribution in [2.45, 2.75) is 26.2 Å². The smallest absolute Gasteiger partial charge is 0.267 e. The van der Waals surface area contributed by atoms with E-state index in [1.165, 1.54) is 29.3 Å². The maximum absolute atomic E-state index is 14.1. The van der Waals surface area contributed by atoms with Gasteiger partial charge in [0.25, 0.3) is 23.2 Å². The normalized spacial score (nSPS) is 12.2. The lowest BCUT2D eigenvalue weighted by Gasteiger charge is -2.35. The van der Waals surface area contributed by atoms with Crippen LogP contribution < -0.4 is 0 Å². The molecule has 0 saturated carbocycles. The van der Waals surface area contributed by atoms with Gasteiger partial charge in [-0.1, -0.05) is 62.8 Å². The SMILES string of the molecule is Cl.Cl.O=C1c2cccc3c(Br)ccc(c23)C(=O)N1N(Cc1cn(Cc2ccc([N+](=O)[O-])cc2)nn1)Cc1cn(Cc2ccc([N+](=O)[O-])cc2)nn1. The van der Waals surface area contributed by atoms with Crippen LogP contribution >= 0.6 is 40.7 Å². The second kappa shape index (κ2) is 15.1. The molecule has 6 aromatic rings. The number of hydrogen-bond donors (Lipinski definition) is 0. The van der Waals surface area contributed by atoms with Crippen molar-refractivity contribution in [3.8, 4) is 0 Å². The van der Waals surface area contributed by atoms with E-state index in [-0.39, 0.29) is 62.4 Å². The number of carbonyl (C=O) groups excluding carboxylic acids is 2. The highest BCUT2D eigenvalue weighted by Gasteiger charge is 2.38. The van der Waals surface area contributed by atoms with E-state index in [2.05, 4.69) is 36.6 Å². The predicted molar refractivity (Wildman–Crippen MR) is 190 cm³/mol. The number of benzene rings is 4. The van der Waals surface area contributed by atoms with Crippen molar-refractivity contribution in [1.82, 2.24) is 40.0 Å². The summed E-state index contributed by atoms with van der Waals surface area (Å²) in [6.45, 7) is 0.561. The van der Waals surface area contributed by atoms with Crippen LogP contribution in [0.25, 0.3) is 10.8 Å². The molecule has 0 fully saturated rings. The highest BCUT2D eigenvalue weighted by atomic mass is 79.9. The molecular weight excluding hydrogens is 771 g/mol. The highest BCUT2D eigenvalue weighted by molar-refractivity contribution is 9.10. The molecule has 51 heavy (non-hydrogen) atoms. The summed E-state index contributed by atoms with van der Waals surface area (Å²) in [5.74, 6) is -1.03. The topological polar surface area (TPSA) is 188 Å². The molecule has 0 atom stereocenters. The van der Waals surface area contributed by atoms with Crippen molar-refractivity contribution in [3.05, 3.63) is 150 Å². The van der Waals surface area contributed by atoms with Gasteiger partial charge in [0.1, 0.15) is 0 Å². The van der Waals surface area contributed by atoms with Crippen molar-refractivity contribution < 1.29 is 19.4 Å². The van der Waals surface area contributed by atoms with Crippen molar-refractivity contribution in [3.63, 3.8) is 0 Å². The Morgan fingerprint density at radius 2 is 1.14 bits per heavy atom. The number of hydrogen-bond acceptors (Lipinski definition) is 11. The minimum absolute atomic E-state index is 0. The number of halogens is 3. The molecule has 7 rings (SSSR count). The molecule has 0 unspecified atom stereocenters. The number of nitrogens with zero attached hydrogens (tertiary/aromatic N) is 10. The molecule has 19 heteroatoms. The first kappa shape index (κ1) is 36.7. The number of non-ortho nitro benzene ring substituents is 2. The number of aromatic nitrogens is 6. The van der Waals surface area contributed by atoms with Crippen LogP contribution in [0.1, 0.15) is 43.2 Å². The van der Waals surface area contributed by atoms with Crippen LogP contribution in [0.2, 0.25) is 0 Å². The van der Waals surface area contributed by atoms with Crippen LogP contribution in [0.3, 0.4) is 0 Å². The fourth-order valence-electron chi connectivity index (χ4n) is 5.67. The van der Waals surface area contributed by atoms with Gasteiger partial charge < -0.3 is 0 Å². The molecule has 260 valence electrons. The Bertz CT molecular complexity index is 2160. The van der Waals surface area contributed by atoms with Crippen LogP contribution in [0.15, 0.2) is 95.7 Å². The van der Waals surface area contributed by atoms with Gasteiger partial charge in [0.15, 0.2) is 0 Å². The van der Waals surface area contributed by atoms with Gasteiger partial charge in [0, 0.05) is 34.1 Å². The minimum Gasteiger partial charge on any atom is -0.267 e. The summed E-state index contributed by atoms with van der Waals surface area (Å²) in [5, 5.41) is 42.9. The number of rotatable bonds is 11. The molecule has 0 saturated heterocycles. The number of nitro groups is 2. The number of hydrazine groups is 1. The van der Waals surface area contributed by atoms with Gasteiger partial charge in [-0.15, -0.1) is 35.0 Å². The predicted octanol–water partition coefficient (Wildman–Crippen LogP) is 5.76. The summed E-state index contributed by atoms with van der Waals surface area (Å²) in [6, 6.07) is 20.9. The Morgan fingerprint density at radius 1 is 0.667 bits per heavy atom. The average Bonchev–Trinajstić information content (AvgIpc) is 3.73. The summed E-state index contributed by atoms with van der Waals surface area (Å²) in [6.07, 6.45) is 3.34. The number of imide groups is 1. The molecule has 1 aliphatic heterocycles. The second-order valence-corrected chi connectivity index (χ2v) is 12.1. The van der Waals surface area contributed by atoms with Gasteiger partial charge in [-0.05, 0) is 34.7 Å². The zero-order valence-corrected chi connectivity index (χ0v) is 29.3. The van der Waals surface area contributed by atoms with Crippen LogP contribution in [0.5, 0.6) is 0 Å². The molecule has 0 N–H and O–H groups in total. The fourth-order valence-corrected chi connectivity index (χ4v) is 6.14. The van der Waals surface area contributed by atoms with E-state index >= 15 is 0 Å². The maximum atomic E-state index is 14.1. The van der Waals surface area contributed by atoms with E-state index in [0.717, 1.165) is 26.0 Å². The number of carbonyl (C=O) groups is 2. The first-order valence-corrected chi connectivity index (χ1v) is 15.5. The van der Waals surface area contributed by atoms with E-state index in [1.807, 2.05) is 6.07 Å². The van der Waals surface area contributed by atoms with E-state index in [4.69, 9.17) is 0 Å². The van der Waals surface area contributed by atoms with E-state index < -0.39 is 21.7 Å². The molecule has 0 radical (unpaired) electrons. The van der Waals surface area contributed by atoms with Crippen molar-refractivity contribution in [2.24, 2.45) is 0 Å². The molecule has 2 amide bonds. The average molecular weight is 796 g/mol. The van der Waals surface area contributed by atoms with Gasteiger partial charge in [-0.2, -0.15) is 5.01 Å². The summed E-state index contributed by atoms with van der Waals surface area (Å²) < 4.78 is 3.87. The first-order valence-electron chi connectivity index (χ1n) is 14.7. The first-order chi connectivity index (χ1) is 23.6. The Balaban J connectivity index is 0.00000252. The Hall–Kier alpha value is -5.62. The lowest BCUT2D eigenvalue weighted by atomic mass is 9.95. The summed E-state index contributed by atoms with van der Waals surface area (Å²) in [5.41, 5.74) is 3.10. The van der Waals surface area contributed by atoms with Crippen LogP contribution in [0.4, 0.5) is 11.4 Å². The Morgan fingerprint density at radius 3 is 1.61 bits per heavy atom. The third-order valence-corrected chi connectivity index (χ3v) is 8.65. The molecule has 4 aromatic carbocycles. The van der Waals surface area contributed by atoms with Crippen LogP contribution in [-0.4, -0.2) is 61.7 Å². The molecule has 0 spiro atoms. The van der Waals surface area contributed by atoms with Gasteiger partial charge in [0.05, 0.1) is 70.9 Å². The Labute approximate surface area is 308 Å². The highest BCUT2D eigenvalue weighted by Crippen LogP contribution is 2.35.